The summed E-state index contributed by atoms with van der Waals surface area (Å²) in [5.41, 5.74) is 8.75. The normalized spacial score (nSPS) is 15.6. The third-order valence-electron chi connectivity index (χ3n) is 2.50. The van der Waals surface area contributed by atoms with Gasteiger partial charge in [0.25, 0.3) is 0 Å². The second kappa shape index (κ2) is 6.55. The van der Waals surface area contributed by atoms with Crippen LogP contribution < -0.4 is 11.2 Å². The van der Waals surface area contributed by atoms with E-state index in [0.29, 0.717) is 10.6 Å². The number of halogens is 1. The molecule has 1 aliphatic heterocycles. The van der Waals surface area contributed by atoms with Crippen LogP contribution in [0.2, 0.25) is 5.02 Å². The maximum Gasteiger partial charge on any atom is 0.346 e. The van der Waals surface area contributed by atoms with Crippen molar-refractivity contribution in [2.24, 2.45) is 10.8 Å². The Morgan fingerprint density at radius 2 is 2.14 bits per heavy atom. The third-order valence-corrected chi connectivity index (χ3v) is 2.96. The second-order valence-electron chi connectivity index (χ2n) is 3.93. The van der Waals surface area contributed by atoms with Gasteiger partial charge in [-0.05, 0) is 31.2 Å². The standard InChI is InChI=1S/C13H12ClN3O3S/c1-2-19-13(18)9(10(15)21)12-17-16-11(20-12)7-3-5-8(14)6-4-7/h3-6,17H,2H2,1H3,(H2,15,21)/b12-9+. The van der Waals surface area contributed by atoms with E-state index >= 15 is 0 Å². The molecule has 0 unspecified atom stereocenters. The Morgan fingerprint density at radius 3 is 2.71 bits per heavy atom. The zero-order chi connectivity index (χ0) is 15.4. The lowest BCUT2D eigenvalue weighted by molar-refractivity contribution is -0.138. The molecule has 21 heavy (non-hydrogen) atoms. The average Bonchev–Trinajstić information content (AvgIpc) is 2.89. The lowest BCUT2D eigenvalue weighted by Crippen LogP contribution is -2.25. The van der Waals surface area contributed by atoms with Gasteiger partial charge in [0.05, 0.1) is 6.61 Å². The van der Waals surface area contributed by atoms with E-state index in [1.54, 1.807) is 31.2 Å². The van der Waals surface area contributed by atoms with Crippen molar-refractivity contribution in [3.05, 3.63) is 46.3 Å². The average molecular weight is 326 g/mol. The van der Waals surface area contributed by atoms with E-state index in [0.717, 1.165) is 0 Å². The van der Waals surface area contributed by atoms with Crippen LogP contribution in [-0.4, -0.2) is 23.5 Å². The Morgan fingerprint density at radius 1 is 1.48 bits per heavy atom. The molecular weight excluding hydrogens is 314 g/mol. The minimum Gasteiger partial charge on any atom is -0.462 e. The highest BCUT2D eigenvalue weighted by atomic mass is 35.5. The second-order valence-corrected chi connectivity index (χ2v) is 4.80. The molecule has 1 aliphatic rings. The number of hydrogen-bond donors (Lipinski definition) is 2. The smallest absolute Gasteiger partial charge is 0.346 e. The summed E-state index contributed by atoms with van der Waals surface area (Å²) >= 11 is 10.7. The highest BCUT2D eigenvalue weighted by Gasteiger charge is 2.26. The van der Waals surface area contributed by atoms with Crippen molar-refractivity contribution in [1.29, 1.82) is 0 Å². The van der Waals surface area contributed by atoms with E-state index in [9.17, 15) is 4.79 Å². The number of thiocarbonyl (C=S) groups is 1. The number of nitrogens with one attached hydrogen (secondary N) is 1. The lowest BCUT2D eigenvalue weighted by Gasteiger charge is -2.08. The van der Waals surface area contributed by atoms with Crippen LogP contribution in [0.25, 0.3) is 0 Å². The number of carbonyl (C=O) groups excluding carboxylic acids is 1. The Bertz CT molecular complexity index is 641. The summed E-state index contributed by atoms with van der Waals surface area (Å²) in [5, 5.41) is 4.58. The molecule has 0 bridgehead atoms. The fourth-order valence-electron chi connectivity index (χ4n) is 1.58. The highest BCUT2D eigenvalue weighted by Crippen LogP contribution is 2.17. The molecule has 0 fully saturated rings. The fourth-order valence-corrected chi connectivity index (χ4v) is 1.88. The van der Waals surface area contributed by atoms with Crippen LogP contribution in [0.1, 0.15) is 12.5 Å². The molecule has 0 aromatic heterocycles. The molecule has 3 N–H and O–H groups in total. The van der Waals surface area contributed by atoms with Gasteiger partial charge in [-0.3, -0.25) is 0 Å². The van der Waals surface area contributed by atoms with Crippen molar-refractivity contribution in [1.82, 2.24) is 5.43 Å². The molecule has 0 saturated carbocycles. The van der Waals surface area contributed by atoms with Gasteiger partial charge in [0, 0.05) is 10.6 Å². The number of ether oxygens (including phenoxy) is 2. The number of nitrogens with zero attached hydrogens (tertiary/aromatic N) is 1. The minimum atomic E-state index is -0.667. The largest absolute Gasteiger partial charge is 0.462 e. The van der Waals surface area contributed by atoms with Crippen molar-refractivity contribution in [3.8, 4) is 0 Å². The molecule has 1 heterocycles. The summed E-state index contributed by atoms with van der Waals surface area (Å²) in [4.78, 5) is 11.7. The molecule has 0 spiro atoms. The van der Waals surface area contributed by atoms with E-state index in [1.165, 1.54) is 0 Å². The SMILES string of the molecule is CCOC(=O)/C(C(N)=S)=C1\NN=C(c2ccc(Cl)cc2)O1. The van der Waals surface area contributed by atoms with Gasteiger partial charge >= 0.3 is 5.97 Å². The van der Waals surface area contributed by atoms with E-state index in [-0.39, 0.29) is 28.9 Å². The molecule has 8 heteroatoms. The highest BCUT2D eigenvalue weighted by molar-refractivity contribution is 7.80. The van der Waals surface area contributed by atoms with Crippen molar-refractivity contribution in [3.63, 3.8) is 0 Å². The van der Waals surface area contributed by atoms with E-state index in [1.807, 2.05) is 0 Å². The molecule has 110 valence electrons. The first-order chi connectivity index (χ1) is 10.0. The van der Waals surface area contributed by atoms with Gasteiger partial charge in [0.1, 0.15) is 4.99 Å². The van der Waals surface area contributed by atoms with Gasteiger partial charge < -0.3 is 15.2 Å². The molecule has 1 aromatic rings. The van der Waals surface area contributed by atoms with Crippen LogP contribution in [0, 0.1) is 0 Å². The predicted octanol–water partition coefficient (Wildman–Crippen LogP) is 1.68. The van der Waals surface area contributed by atoms with Crippen molar-refractivity contribution < 1.29 is 14.3 Å². The molecular formula is C13H12ClN3O3S. The quantitative estimate of drug-likeness (QED) is 0.497. The number of rotatable bonds is 4. The van der Waals surface area contributed by atoms with E-state index in [4.69, 9.17) is 39.0 Å². The molecule has 0 aliphatic carbocycles. The van der Waals surface area contributed by atoms with Crippen LogP contribution in [0.5, 0.6) is 0 Å². The number of hydrogen-bond acceptors (Lipinski definition) is 6. The summed E-state index contributed by atoms with van der Waals surface area (Å²) in [6.07, 6.45) is 0. The first-order valence-corrected chi connectivity index (χ1v) is 6.80. The first-order valence-electron chi connectivity index (χ1n) is 6.01. The van der Waals surface area contributed by atoms with Crippen molar-refractivity contribution in [2.75, 3.05) is 6.61 Å². The van der Waals surface area contributed by atoms with Gasteiger partial charge in [-0.1, -0.05) is 23.8 Å². The fraction of sp³-hybridized carbons (Fsp3) is 0.154. The summed E-state index contributed by atoms with van der Waals surface area (Å²) < 4.78 is 10.4. The van der Waals surface area contributed by atoms with E-state index in [2.05, 4.69) is 10.5 Å². The molecule has 0 radical (unpaired) electrons. The van der Waals surface area contributed by atoms with Gasteiger partial charge in [0.15, 0.2) is 5.57 Å². The molecule has 2 rings (SSSR count). The van der Waals surface area contributed by atoms with Crippen molar-refractivity contribution in [2.45, 2.75) is 6.92 Å². The lowest BCUT2D eigenvalue weighted by atomic mass is 10.2. The zero-order valence-corrected chi connectivity index (χ0v) is 12.6. The molecule has 0 amide bonds. The number of nitrogens with two attached hydrogens (primary N) is 1. The van der Waals surface area contributed by atoms with Gasteiger partial charge in [-0.15, -0.1) is 5.10 Å². The summed E-state index contributed by atoms with van der Waals surface area (Å²) in [5.74, 6) is -0.342. The Kier molecular flexibility index (Phi) is 4.77. The number of esters is 1. The topological polar surface area (TPSA) is 85.9 Å². The van der Waals surface area contributed by atoms with Crippen LogP contribution in [0.15, 0.2) is 40.8 Å². The number of hydrazone groups is 1. The maximum absolute atomic E-state index is 11.8. The number of benzene rings is 1. The monoisotopic (exact) mass is 325 g/mol. The first kappa shape index (κ1) is 15.3. The minimum absolute atomic E-state index is 0.0471. The van der Waals surface area contributed by atoms with Crippen LogP contribution >= 0.6 is 23.8 Å². The summed E-state index contributed by atoms with van der Waals surface area (Å²) in [6.45, 7) is 1.88. The van der Waals surface area contributed by atoms with E-state index < -0.39 is 5.97 Å². The number of carbonyl (C=O) groups is 1. The van der Waals surface area contributed by atoms with Gasteiger partial charge in [-0.2, -0.15) is 0 Å². The Hall–Kier alpha value is -2.12. The summed E-state index contributed by atoms with van der Waals surface area (Å²) in [7, 11) is 0. The van der Waals surface area contributed by atoms with Crippen LogP contribution in [0.4, 0.5) is 0 Å². The summed E-state index contributed by atoms with van der Waals surface area (Å²) in [6, 6.07) is 6.86. The Balaban J connectivity index is 2.25. The van der Waals surface area contributed by atoms with Gasteiger partial charge in [-0.25, -0.2) is 10.2 Å². The molecule has 6 nitrogen and oxygen atoms in total. The maximum atomic E-state index is 11.8. The molecule has 0 atom stereocenters. The third kappa shape index (κ3) is 3.50. The molecule has 1 aromatic carbocycles. The van der Waals surface area contributed by atoms with Gasteiger partial charge in [0.2, 0.25) is 11.8 Å². The zero-order valence-electron chi connectivity index (χ0n) is 11.1. The predicted molar refractivity (Wildman–Crippen MR) is 82.7 cm³/mol. The van der Waals surface area contributed by atoms with Crippen LogP contribution in [0.3, 0.4) is 0 Å². The Labute approximate surface area is 131 Å². The molecule has 0 saturated heterocycles. The van der Waals surface area contributed by atoms with Crippen molar-refractivity contribution >= 4 is 40.7 Å². The van der Waals surface area contributed by atoms with Crippen LogP contribution in [-0.2, 0) is 14.3 Å².